The van der Waals surface area contributed by atoms with E-state index in [2.05, 4.69) is 25.4 Å². The van der Waals surface area contributed by atoms with Crippen molar-refractivity contribution in [2.24, 2.45) is 0 Å². The summed E-state index contributed by atoms with van der Waals surface area (Å²) in [5.41, 5.74) is 0.511. The van der Waals surface area contributed by atoms with Crippen molar-refractivity contribution in [3.05, 3.63) is 64.1 Å². The molecule has 0 bridgehead atoms. The Morgan fingerprint density at radius 3 is 2.54 bits per heavy atom. The number of furan rings is 1. The van der Waals surface area contributed by atoms with Crippen LogP contribution in [0.5, 0.6) is 11.5 Å². The molecule has 6 rings (SSSR count). The number of rotatable bonds is 4. The van der Waals surface area contributed by atoms with E-state index < -0.39 is 11.6 Å². The molecule has 2 aliphatic rings. The van der Waals surface area contributed by atoms with Gasteiger partial charge in [0.15, 0.2) is 23.1 Å². The minimum atomic E-state index is -0.534. The molecular formula is C25H27N7O5. The molecule has 37 heavy (non-hydrogen) atoms. The van der Waals surface area contributed by atoms with E-state index in [4.69, 9.17) is 13.9 Å². The molecule has 1 amide bonds. The molecule has 1 atom stereocenters. The van der Waals surface area contributed by atoms with Gasteiger partial charge in [0.1, 0.15) is 6.04 Å². The van der Waals surface area contributed by atoms with Gasteiger partial charge in [-0.15, -0.1) is 5.10 Å². The summed E-state index contributed by atoms with van der Waals surface area (Å²) in [5.74, 6) is 1.95. The van der Waals surface area contributed by atoms with Crippen LogP contribution in [0.25, 0.3) is 10.9 Å². The fourth-order valence-corrected chi connectivity index (χ4v) is 4.90. The van der Waals surface area contributed by atoms with E-state index in [0.717, 1.165) is 5.39 Å². The second-order valence-electron chi connectivity index (χ2n) is 10.2. The molecule has 1 unspecified atom stereocenters. The lowest BCUT2D eigenvalue weighted by atomic mass is 10.0. The molecule has 12 nitrogen and oxygen atoms in total. The zero-order valence-electron chi connectivity index (χ0n) is 20.8. The standard InChI is InChI=1S/C25H27N7O5/c1-25(2,3)32-22(27-28-29-32)21(30-6-8-31(9-7-30)24(34)18-5-4-10-35-18)16-11-15-12-19-20(37-14-36-19)13-17(15)26-23(16)33/h4-5,10-13,21H,6-9,14H2,1-3H3,(H,26,33). The molecule has 1 N–H and O–H groups in total. The number of hydrogen-bond donors (Lipinski definition) is 1. The number of fused-ring (bicyclic) bond motifs is 2. The van der Waals surface area contributed by atoms with Crippen LogP contribution in [0.4, 0.5) is 0 Å². The molecule has 5 heterocycles. The molecule has 1 saturated heterocycles. The molecule has 12 heteroatoms. The number of nitrogens with zero attached hydrogens (tertiary/aromatic N) is 6. The molecule has 2 aliphatic heterocycles. The first-order chi connectivity index (χ1) is 17.8. The van der Waals surface area contributed by atoms with Gasteiger partial charge in [-0.25, -0.2) is 4.68 Å². The average molecular weight is 506 g/mol. The number of hydrogen-bond acceptors (Lipinski definition) is 9. The Morgan fingerprint density at radius 1 is 1.08 bits per heavy atom. The predicted molar refractivity (Wildman–Crippen MR) is 132 cm³/mol. The summed E-state index contributed by atoms with van der Waals surface area (Å²) in [6.45, 7) is 8.15. The fraction of sp³-hybridized carbons (Fsp3) is 0.400. The number of ether oxygens (including phenoxy) is 2. The van der Waals surface area contributed by atoms with Crippen LogP contribution in [-0.2, 0) is 5.54 Å². The van der Waals surface area contributed by atoms with Crippen LogP contribution < -0.4 is 15.0 Å². The largest absolute Gasteiger partial charge is 0.459 e. The Labute approximate surface area is 211 Å². The summed E-state index contributed by atoms with van der Waals surface area (Å²) < 4.78 is 18.1. The van der Waals surface area contributed by atoms with E-state index in [1.54, 1.807) is 27.8 Å². The molecule has 3 aromatic heterocycles. The first-order valence-corrected chi connectivity index (χ1v) is 12.1. The normalized spacial score (nSPS) is 16.9. The molecule has 0 radical (unpaired) electrons. The fourth-order valence-electron chi connectivity index (χ4n) is 4.90. The van der Waals surface area contributed by atoms with Crippen molar-refractivity contribution in [2.75, 3.05) is 33.0 Å². The van der Waals surface area contributed by atoms with Gasteiger partial charge >= 0.3 is 0 Å². The minimum absolute atomic E-state index is 0.146. The summed E-state index contributed by atoms with van der Waals surface area (Å²) in [6.07, 6.45) is 1.49. The van der Waals surface area contributed by atoms with Crippen LogP contribution in [0.2, 0.25) is 0 Å². The van der Waals surface area contributed by atoms with Crippen molar-refractivity contribution in [1.29, 1.82) is 0 Å². The molecule has 1 fully saturated rings. The summed E-state index contributed by atoms with van der Waals surface area (Å²) >= 11 is 0. The van der Waals surface area contributed by atoms with Gasteiger partial charge in [0, 0.05) is 43.2 Å². The lowest BCUT2D eigenvalue weighted by molar-refractivity contribution is 0.0555. The number of piperazine rings is 1. The number of aromatic nitrogens is 5. The third kappa shape index (κ3) is 4.12. The van der Waals surface area contributed by atoms with Crippen molar-refractivity contribution in [3.8, 4) is 11.5 Å². The zero-order valence-corrected chi connectivity index (χ0v) is 20.8. The van der Waals surface area contributed by atoms with Gasteiger partial charge in [-0.3, -0.25) is 14.5 Å². The van der Waals surface area contributed by atoms with Crippen molar-refractivity contribution < 1.29 is 18.7 Å². The number of pyridine rings is 1. The van der Waals surface area contributed by atoms with E-state index in [9.17, 15) is 9.59 Å². The second-order valence-corrected chi connectivity index (χ2v) is 10.2. The van der Waals surface area contributed by atoms with Crippen LogP contribution in [0, 0.1) is 0 Å². The van der Waals surface area contributed by atoms with Crippen LogP contribution in [0.15, 0.2) is 45.8 Å². The molecule has 192 valence electrons. The van der Waals surface area contributed by atoms with E-state index in [1.165, 1.54) is 6.26 Å². The highest BCUT2D eigenvalue weighted by atomic mass is 16.7. The highest BCUT2D eigenvalue weighted by Crippen LogP contribution is 2.36. The van der Waals surface area contributed by atoms with Crippen LogP contribution in [0.1, 0.15) is 48.8 Å². The second kappa shape index (κ2) is 8.73. The monoisotopic (exact) mass is 505 g/mol. The van der Waals surface area contributed by atoms with E-state index in [1.807, 2.05) is 32.9 Å². The first-order valence-electron chi connectivity index (χ1n) is 12.1. The number of carbonyl (C=O) groups is 1. The number of tetrazole rings is 1. The zero-order chi connectivity index (χ0) is 25.7. The minimum Gasteiger partial charge on any atom is -0.459 e. The number of nitrogens with one attached hydrogen (secondary N) is 1. The topological polar surface area (TPSA) is 132 Å². The lowest BCUT2D eigenvalue weighted by Gasteiger charge is -2.39. The van der Waals surface area contributed by atoms with Gasteiger partial charge in [0.05, 0.1) is 17.3 Å². The van der Waals surface area contributed by atoms with Gasteiger partial charge in [-0.05, 0) is 55.5 Å². The van der Waals surface area contributed by atoms with E-state index in [-0.39, 0.29) is 18.3 Å². The first kappa shape index (κ1) is 23.2. The Bertz CT molecular complexity index is 1510. The highest BCUT2D eigenvalue weighted by molar-refractivity contribution is 5.91. The molecule has 1 aromatic carbocycles. The number of amides is 1. The molecule has 0 spiro atoms. The molecular weight excluding hydrogens is 478 g/mol. The van der Waals surface area contributed by atoms with E-state index >= 15 is 0 Å². The SMILES string of the molecule is CC(C)(C)n1nnnc1C(c1cc2cc3c(cc2[nH]c1=O)OCO3)N1CCN(C(=O)c2ccco2)CC1. The third-order valence-corrected chi connectivity index (χ3v) is 6.73. The van der Waals surface area contributed by atoms with Crippen LogP contribution in [-0.4, -0.2) is 73.9 Å². The van der Waals surface area contributed by atoms with Gasteiger partial charge in [-0.2, -0.15) is 0 Å². The maximum Gasteiger partial charge on any atom is 0.289 e. The predicted octanol–water partition coefficient (Wildman–Crippen LogP) is 2.14. The van der Waals surface area contributed by atoms with Crippen LogP contribution >= 0.6 is 0 Å². The summed E-state index contributed by atoms with van der Waals surface area (Å²) in [4.78, 5) is 33.2. The van der Waals surface area contributed by atoms with Crippen molar-refractivity contribution in [2.45, 2.75) is 32.4 Å². The molecule has 0 aliphatic carbocycles. The van der Waals surface area contributed by atoms with Crippen molar-refractivity contribution in [3.63, 3.8) is 0 Å². The Hall–Kier alpha value is -4.19. The maximum absolute atomic E-state index is 13.5. The maximum atomic E-state index is 13.5. The van der Waals surface area contributed by atoms with Crippen molar-refractivity contribution >= 4 is 16.8 Å². The van der Waals surface area contributed by atoms with Crippen LogP contribution in [0.3, 0.4) is 0 Å². The van der Waals surface area contributed by atoms with Gasteiger partial charge in [0.2, 0.25) is 6.79 Å². The van der Waals surface area contributed by atoms with E-state index in [0.29, 0.717) is 60.3 Å². The number of H-pyrrole nitrogens is 1. The Balaban J connectivity index is 1.40. The van der Waals surface area contributed by atoms with Gasteiger partial charge in [-0.1, -0.05) is 0 Å². The summed E-state index contributed by atoms with van der Waals surface area (Å²) in [5, 5.41) is 13.4. The Kier molecular flexibility index (Phi) is 5.48. The summed E-state index contributed by atoms with van der Waals surface area (Å²) in [7, 11) is 0. The molecule has 4 aromatic rings. The average Bonchev–Trinajstić information content (AvgIpc) is 3.65. The quantitative estimate of drug-likeness (QED) is 0.443. The highest BCUT2D eigenvalue weighted by Gasteiger charge is 2.36. The number of benzene rings is 1. The number of carbonyl (C=O) groups excluding carboxylic acids is 1. The van der Waals surface area contributed by atoms with Gasteiger partial charge in [0.25, 0.3) is 11.5 Å². The number of aromatic amines is 1. The lowest BCUT2D eigenvalue weighted by Crippen LogP contribution is -2.51. The third-order valence-electron chi connectivity index (χ3n) is 6.73. The smallest absolute Gasteiger partial charge is 0.289 e. The molecule has 0 saturated carbocycles. The summed E-state index contributed by atoms with van der Waals surface area (Å²) in [6, 6.07) is 8.33. The van der Waals surface area contributed by atoms with Crippen molar-refractivity contribution in [1.82, 2.24) is 35.0 Å². The van der Waals surface area contributed by atoms with Gasteiger partial charge < -0.3 is 23.8 Å². The Morgan fingerprint density at radius 2 is 1.84 bits per heavy atom.